The number of unbranched alkanes of at least 4 members (excludes halogenated alkanes) is 2. The van der Waals surface area contributed by atoms with Gasteiger partial charge in [-0.2, -0.15) is 0 Å². The summed E-state index contributed by atoms with van der Waals surface area (Å²) in [6.45, 7) is 10.8. The molecule has 134 valence electrons. The van der Waals surface area contributed by atoms with E-state index in [4.69, 9.17) is 15.0 Å². The molecule has 2 N–H and O–H groups in total. The molecule has 0 radical (unpaired) electrons. The highest BCUT2D eigenvalue weighted by molar-refractivity contribution is 5.66. The number of rotatable bonds is 10. The molecular formula is C18H38O4. The second-order valence-electron chi connectivity index (χ2n) is 5.78. The highest BCUT2D eigenvalue weighted by Gasteiger charge is 2.09. The van der Waals surface area contributed by atoms with E-state index in [2.05, 4.69) is 34.6 Å². The van der Waals surface area contributed by atoms with Gasteiger partial charge >= 0.3 is 5.97 Å². The van der Waals surface area contributed by atoms with Crippen molar-refractivity contribution in [3.63, 3.8) is 0 Å². The van der Waals surface area contributed by atoms with Crippen molar-refractivity contribution in [1.82, 2.24) is 0 Å². The van der Waals surface area contributed by atoms with Crippen LogP contribution in [0.3, 0.4) is 0 Å². The van der Waals surface area contributed by atoms with Gasteiger partial charge in [0.2, 0.25) is 0 Å². The second kappa shape index (κ2) is 22.2. The first-order valence-electron chi connectivity index (χ1n) is 8.72. The molecule has 0 aliphatic carbocycles. The van der Waals surface area contributed by atoms with Gasteiger partial charge in [0.1, 0.15) is 0 Å². The normalized spacial score (nSPS) is 12.0. The van der Waals surface area contributed by atoms with E-state index < -0.39 is 5.97 Å². The smallest absolute Gasteiger partial charge is 0.303 e. The van der Waals surface area contributed by atoms with Crippen molar-refractivity contribution < 1.29 is 19.8 Å². The monoisotopic (exact) mass is 318 g/mol. The maximum Gasteiger partial charge on any atom is 0.303 e. The first kappa shape index (κ1) is 25.9. The third-order valence-electron chi connectivity index (χ3n) is 3.75. The minimum atomic E-state index is -0.659. The van der Waals surface area contributed by atoms with Gasteiger partial charge in [0.25, 0.3) is 6.47 Å². The number of aliphatic carboxylic acids is 1. The lowest BCUT2D eigenvalue weighted by molar-refractivity contribution is -0.138. The molecule has 0 aromatic carbocycles. The lowest BCUT2D eigenvalue weighted by atomic mass is 9.96. The van der Waals surface area contributed by atoms with Crippen LogP contribution in [0.1, 0.15) is 92.4 Å². The van der Waals surface area contributed by atoms with Crippen LogP contribution in [0.25, 0.3) is 0 Å². The molecule has 0 fully saturated rings. The quantitative estimate of drug-likeness (QED) is 0.514. The molecule has 4 nitrogen and oxygen atoms in total. The number of hydrogen-bond donors (Lipinski definition) is 2. The van der Waals surface area contributed by atoms with Gasteiger partial charge < -0.3 is 10.2 Å². The summed E-state index contributed by atoms with van der Waals surface area (Å²) in [7, 11) is 0. The molecule has 0 aliphatic rings. The molecule has 0 heterocycles. The summed E-state index contributed by atoms with van der Waals surface area (Å²) in [5, 5.41) is 15.4. The molecule has 0 spiro atoms. The molecule has 4 heteroatoms. The third-order valence-corrected chi connectivity index (χ3v) is 3.75. The fourth-order valence-corrected chi connectivity index (χ4v) is 1.95. The zero-order valence-corrected chi connectivity index (χ0v) is 15.3. The van der Waals surface area contributed by atoms with Gasteiger partial charge in [0.15, 0.2) is 0 Å². The Hall–Kier alpha value is -1.06. The Balaban J connectivity index is -0.000000288. The summed E-state index contributed by atoms with van der Waals surface area (Å²) in [5.74, 6) is 0.690. The third kappa shape index (κ3) is 27.3. The summed E-state index contributed by atoms with van der Waals surface area (Å²) in [6, 6.07) is 0. The molecule has 0 saturated heterocycles. The Labute approximate surface area is 137 Å². The number of carboxylic acids is 1. The molecular weight excluding hydrogens is 280 g/mol. The maximum absolute atomic E-state index is 10.3. The molecule has 2 unspecified atom stereocenters. The van der Waals surface area contributed by atoms with Gasteiger partial charge in [-0.3, -0.25) is 9.59 Å². The van der Waals surface area contributed by atoms with Crippen LogP contribution in [0.15, 0.2) is 0 Å². The Bertz CT molecular complexity index is 229. The van der Waals surface area contributed by atoms with E-state index in [1.54, 1.807) is 0 Å². The molecule has 0 bridgehead atoms. The number of carbonyl (C=O) groups is 2. The zero-order valence-electron chi connectivity index (χ0n) is 15.3. The fraction of sp³-hybridized carbons (Fsp3) is 0.889. The minimum Gasteiger partial charge on any atom is -0.483 e. The average molecular weight is 318 g/mol. The van der Waals surface area contributed by atoms with Crippen molar-refractivity contribution in [1.29, 1.82) is 0 Å². The SMILES string of the molecule is CCCCC(C)CC.CCCCC(CC)CC(=O)O.O=CO. The van der Waals surface area contributed by atoms with Crippen molar-refractivity contribution in [3.8, 4) is 0 Å². The topological polar surface area (TPSA) is 74.6 Å². The van der Waals surface area contributed by atoms with Gasteiger partial charge in [-0.15, -0.1) is 0 Å². The predicted octanol–water partition coefficient (Wildman–Crippen LogP) is 5.60. The average Bonchev–Trinajstić information content (AvgIpc) is 2.50. The van der Waals surface area contributed by atoms with Crippen molar-refractivity contribution in [2.24, 2.45) is 11.8 Å². The summed E-state index contributed by atoms with van der Waals surface area (Å²) in [6.07, 6.45) is 10.3. The summed E-state index contributed by atoms with van der Waals surface area (Å²) < 4.78 is 0. The Morgan fingerprint density at radius 1 is 1.00 bits per heavy atom. The van der Waals surface area contributed by atoms with Gasteiger partial charge in [0, 0.05) is 6.42 Å². The van der Waals surface area contributed by atoms with Crippen molar-refractivity contribution in [3.05, 3.63) is 0 Å². The first-order chi connectivity index (χ1) is 10.4. The molecule has 0 amide bonds. The van der Waals surface area contributed by atoms with Gasteiger partial charge in [0.05, 0.1) is 0 Å². The van der Waals surface area contributed by atoms with E-state index in [1.165, 1.54) is 25.7 Å². The van der Waals surface area contributed by atoms with E-state index in [-0.39, 0.29) is 6.47 Å². The van der Waals surface area contributed by atoms with Gasteiger partial charge in [-0.1, -0.05) is 79.6 Å². The van der Waals surface area contributed by atoms with Crippen LogP contribution in [0.2, 0.25) is 0 Å². The predicted molar refractivity (Wildman–Crippen MR) is 93.2 cm³/mol. The van der Waals surface area contributed by atoms with Crippen molar-refractivity contribution in [2.45, 2.75) is 92.4 Å². The maximum atomic E-state index is 10.3. The van der Waals surface area contributed by atoms with Crippen LogP contribution >= 0.6 is 0 Å². The number of carboxylic acid groups (broad SMARTS) is 2. The first-order valence-corrected chi connectivity index (χ1v) is 8.72. The van der Waals surface area contributed by atoms with Crippen LogP contribution in [-0.2, 0) is 9.59 Å². The van der Waals surface area contributed by atoms with Crippen LogP contribution in [0.5, 0.6) is 0 Å². The Morgan fingerprint density at radius 2 is 1.45 bits per heavy atom. The Kier molecular flexibility index (Phi) is 26.1. The van der Waals surface area contributed by atoms with E-state index in [1.807, 2.05) is 0 Å². The summed E-state index contributed by atoms with van der Waals surface area (Å²) in [5.41, 5.74) is 0. The largest absolute Gasteiger partial charge is 0.483 e. The lowest BCUT2D eigenvalue weighted by Gasteiger charge is -2.10. The molecule has 22 heavy (non-hydrogen) atoms. The van der Waals surface area contributed by atoms with Gasteiger partial charge in [-0.25, -0.2) is 0 Å². The van der Waals surface area contributed by atoms with E-state index in [9.17, 15) is 4.79 Å². The summed E-state index contributed by atoms with van der Waals surface area (Å²) in [4.78, 5) is 18.7. The van der Waals surface area contributed by atoms with E-state index in [0.717, 1.165) is 31.6 Å². The Morgan fingerprint density at radius 3 is 1.77 bits per heavy atom. The number of hydrogen-bond acceptors (Lipinski definition) is 2. The highest BCUT2D eigenvalue weighted by Crippen LogP contribution is 2.16. The minimum absolute atomic E-state index is 0.250. The molecule has 0 saturated carbocycles. The highest BCUT2D eigenvalue weighted by atomic mass is 16.4. The van der Waals surface area contributed by atoms with Crippen molar-refractivity contribution >= 4 is 12.4 Å². The van der Waals surface area contributed by atoms with Crippen LogP contribution < -0.4 is 0 Å². The lowest BCUT2D eigenvalue weighted by Crippen LogP contribution is -2.06. The van der Waals surface area contributed by atoms with Crippen LogP contribution in [0, 0.1) is 11.8 Å². The molecule has 2 atom stereocenters. The van der Waals surface area contributed by atoms with Crippen LogP contribution in [0.4, 0.5) is 0 Å². The van der Waals surface area contributed by atoms with E-state index in [0.29, 0.717) is 12.3 Å². The molecule has 0 aliphatic heterocycles. The standard InChI is InChI=1S/C9H18O2.C8H18.CH2O2/c1-3-5-6-8(4-2)7-9(10)11;1-4-6-7-8(3)5-2;2-1-3/h8H,3-7H2,1-2H3,(H,10,11);8H,4-7H2,1-3H3;1H,(H,2,3). The molecule has 0 aromatic rings. The van der Waals surface area contributed by atoms with E-state index >= 15 is 0 Å². The second-order valence-corrected chi connectivity index (χ2v) is 5.78. The molecule has 0 rings (SSSR count). The van der Waals surface area contributed by atoms with Crippen molar-refractivity contribution in [2.75, 3.05) is 0 Å². The molecule has 0 aromatic heterocycles. The van der Waals surface area contributed by atoms with Gasteiger partial charge in [-0.05, 0) is 18.3 Å². The fourth-order valence-electron chi connectivity index (χ4n) is 1.95. The van der Waals surface area contributed by atoms with Crippen LogP contribution in [-0.4, -0.2) is 22.7 Å². The summed E-state index contributed by atoms with van der Waals surface area (Å²) >= 11 is 0. The zero-order chi connectivity index (χ0) is 17.8.